The third-order valence-electron chi connectivity index (χ3n) is 3.50. The van der Waals surface area contributed by atoms with E-state index in [0.717, 1.165) is 5.39 Å². The van der Waals surface area contributed by atoms with Crippen LogP contribution in [0.25, 0.3) is 11.0 Å². The molecule has 0 unspecified atom stereocenters. The molecular weight excluding hydrogens is 308 g/mol. The molecule has 0 amide bonds. The van der Waals surface area contributed by atoms with Crippen molar-refractivity contribution in [3.05, 3.63) is 75.8 Å². The minimum absolute atomic E-state index is 0.0167. The van der Waals surface area contributed by atoms with Crippen molar-refractivity contribution in [2.75, 3.05) is 5.43 Å². The topological polar surface area (TPSA) is 105 Å². The minimum Gasteiger partial charge on any atom is -0.438 e. The van der Waals surface area contributed by atoms with Gasteiger partial charge in [-0.15, -0.1) is 0 Å². The molecular formula is C17H14N4O3. The number of para-hydroxylation sites is 1. The zero-order chi connectivity index (χ0) is 17.1. The van der Waals surface area contributed by atoms with Gasteiger partial charge in [-0.1, -0.05) is 18.2 Å². The number of nitro groups is 1. The summed E-state index contributed by atoms with van der Waals surface area (Å²) in [5, 5.41) is 23.7. The molecule has 1 aromatic heterocycles. The van der Waals surface area contributed by atoms with Crippen molar-refractivity contribution < 1.29 is 9.34 Å². The fourth-order valence-corrected chi connectivity index (χ4v) is 2.21. The van der Waals surface area contributed by atoms with Crippen LogP contribution in [0.5, 0.6) is 0 Å². The number of nitrogens with one attached hydrogen (secondary N) is 2. The van der Waals surface area contributed by atoms with Crippen LogP contribution in [0.2, 0.25) is 0 Å². The Labute approximate surface area is 136 Å². The van der Waals surface area contributed by atoms with Gasteiger partial charge in [-0.05, 0) is 31.2 Å². The zero-order valence-electron chi connectivity index (χ0n) is 12.8. The van der Waals surface area contributed by atoms with Gasteiger partial charge >= 0.3 is 0 Å². The van der Waals surface area contributed by atoms with Gasteiger partial charge < -0.3 is 4.42 Å². The summed E-state index contributed by atoms with van der Waals surface area (Å²) in [5.74, 6) is 0. The molecule has 2 aromatic carbocycles. The second-order valence-electron chi connectivity index (χ2n) is 5.14. The lowest BCUT2D eigenvalue weighted by atomic mass is 10.1. The molecule has 0 radical (unpaired) electrons. The highest BCUT2D eigenvalue weighted by molar-refractivity contribution is 6.00. The molecule has 0 atom stereocenters. The van der Waals surface area contributed by atoms with Crippen molar-refractivity contribution in [1.29, 1.82) is 5.41 Å². The Kier molecular flexibility index (Phi) is 4.07. The summed E-state index contributed by atoms with van der Waals surface area (Å²) in [5.41, 5.74) is 5.27. The van der Waals surface area contributed by atoms with Crippen molar-refractivity contribution in [3.63, 3.8) is 0 Å². The summed E-state index contributed by atoms with van der Waals surface area (Å²) in [6.07, 6.45) is 0. The second-order valence-corrected chi connectivity index (χ2v) is 5.14. The second kappa shape index (κ2) is 6.33. The highest BCUT2D eigenvalue weighted by atomic mass is 16.6. The zero-order valence-corrected chi connectivity index (χ0v) is 12.8. The molecule has 0 saturated carbocycles. The Hall–Kier alpha value is -3.48. The summed E-state index contributed by atoms with van der Waals surface area (Å²) in [7, 11) is 0. The first-order valence-corrected chi connectivity index (χ1v) is 7.17. The van der Waals surface area contributed by atoms with Crippen LogP contribution in [0.3, 0.4) is 0 Å². The molecule has 0 spiro atoms. The number of non-ortho nitro benzene ring substituents is 1. The number of hydrazone groups is 1. The number of benzene rings is 2. The van der Waals surface area contributed by atoms with Crippen molar-refractivity contribution in [3.8, 4) is 0 Å². The molecule has 24 heavy (non-hydrogen) atoms. The first-order chi connectivity index (χ1) is 11.5. The Bertz CT molecular complexity index is 991. The number of nitro benzene ring substituents is 1. The van der Waals surface area contributed by atoms with Crippen molar-refractivity contribution in [1.82, 2.24) is 0 Å². The van der Waals surface area contributed by atoms with E-state index in [1.165, 1.54) is 12.1 Å². The molecule has 0 fully saturated rings. The lowest BCUT2D eigenvalue weighted by molar-refractivity contribution is -0.384. The fourth-order valence-electron chi connectivity index (χ4n) is 2.21. The Morgan fingerprint density at radius 3 is 2.62 bits per heavy atom. The average molecular weight is 322 g/mol. The maximum Gasteiger partial charge on any atom is 0.269 e. The fraction of sp³-hybridized carbons (Fsp3) is 0.0588. The van der Waals surface area contributed by atoms with E-state index in [0.29, 0.717) is 22.5 Å². The third-order valence-corrected chi connectivity index (χ3v) is 3.50. The van der Waals surface area contributed by atoms with E-state index in [1.54, 1.807) is 25.1 Å². The van der Waals surface area contributed by atoms with Gasteiger partial charge in [0.1, 0.15) is 5.58 Å². The number of rotatable bonds is 4. The van der Waals surface area contributed by atoms with Crippen LogP contribution in [0, 0.1) is 15.5 Å². The van der Waals surface area contributed by atoms with Crippen molar-refractivity contribution in [2.45, 2.75) is 6.92 Å². The normalized spacial score (nSPS) is 11.5. The van der Waals surface area contributed by atoms with Gasteiger partial charge in [-0.2, -0.15) is 5.10 Å². The Morgan fingerprint density at radius 1 is 1.21 bits per heavy atom. The number of fused-ring (bicyclic) bond motifs is 1. The van der Waals surface area contributed by atoms with E-state index in [-0.39, 0.29) is 11.2 Å². The molecule has 0 aliphatic heterocycles. The van der Waals surface area contributed by atoms with E-state index in [4.69, 9.17) is 9.83 Å². The first kappa shape index (κ1) is 15.4. The number of hydrogen-bond donors (Lipinski definition) is 2. The van der Waals surface area contributed by atoms with E-state index in [2.05, 4.69) is 10.5 Å². The van der Waals surface area contributed by atoms with E-state index in [1.807, 2.05) is 24.3 Å². The predicted molar refractivity (Wildman–Crippen MR) is 91.0 cm³/mol. The first-order valence-electron chi connectivity index (χ1n) is 7.17. The lowest BCUT2D eigenvalue weighted by Gasteiger charge is -2.05. The van der Waals surface area contributed by atoms with Crippen LogP contribution < -0.4 is 11.0 Å². The Morgan fingerprint density at radius 2 is 1.92 bits per heavy atom. The molecule has 0 aliphatic carbocycles. The monoisotopic (exact) mass is 322 g/mol. The molecule has 120 valence electrons. The van der Waals surface area contributed by atoms with Crippen LogP contribution in [-0.2, 0) is 0 Å². The molecule has 7 nitrogen and oxygen atoms in total. The summed E-state index contributed by atoms with van der Waals surface area (Å²) >= 11 is 0. The Balaban J connectivity index is 1.86. The maximum atomic E-state index is 10.6. The summed E-state index contributed by atoms with van der Waals surface area (Å²) in [6.45, 7) is 1.76. The van der Waals surface area contributed by atoms with E-state index >= 15 is 0 Å². The van der Waals surface area contributed by atoms with Gasteiger partial charge in [0.05, 0.1) is 21.9 Å². The number of anilines is 1. The summed E-state index contributed by atoms with van der Waals surface area (Å²) in [4.78, 5) is 10.2. The smallest absolute Gasteiger partial charge is 0.269 e. The van der Waals surface area contributed by atoms with Gasteiger partial charge in [0, 0.05) is 17.5 Å². The van der Waals surface area contributed by atoms with Gasteiger partial charge in [0.2, 0.25) is 5.55 Å². The highest BCUT2D eigenvalue weighted by Crippen LogP contribution is 2.16. The van der Waals surface area contributed by atoms with Crippen LogP contribution in [0.15, 0.2) is 64.1 Å². The summed E-state index contributed by atoms with van der Waals surface area (Å²) < 4.78 is 5.49. The van der Waals surface area contributed by atoms with Gasteiger partial charge in [-0.3, -0.25) is 20.9 Å². The van der Waals surface area contributed by atoms with Crippen molar-refractivity contribution >= 4 is 28.1 Å². The summed E-state index contributed by atoms with van der Waals surface area (Å²) in [6, 6.07) is 15.2. The third kappa shape index (κ3) is 3.14. The molecule has 3 rings (SSSR count). The van der Waals surface area contributed by atoms with Crippen LogP contribution in [0.4, 0.5) is 11.4 Å². The molecule has 7 heteroatoms. The SMILES string of the molecule is C/C(=N/Nc1ccc([N+](=O)[O-])cc1)c1cc2ccccc2oc1=N. The van der Waals surface area contributed by atoms with Crippen LogP contribution in [-0.4, -0.2) is 10.6 Å². The largest absolute Gasteiger partial charge is 0.438 e. The molecule has 1 heterocycles. The minimum atomic E-state index is -0.457. The van der Waals surface area contributed by atoms with Gasteiger partial charge in [0.15, 0.2) is 0 Å². The molecule has 3 aromatic rings. The van der Waals surface area contributed by atoms with E-state index in [9.17, 15) is 10.1 Å². The lowest BCUT2D eigenvalue weighted by Crippen LogP contribution is -2.13. The van der Waals surface area contributed by atoms with Crippen molar-refractivity contribution in [2.24, 2.45) is 5.10 Å². The maximum absolute atomic E-state index is 10.6. The van der Waals surface area contributed by atoms with Crippen LogP contribution >= 0.6 is 0 Å². The highest BCUT2D eigenvalue weighted by Gasteiger charge is 2.06. The standard InChI is InChI=1S/C17H14N4O3/c1-11(19-20-13-6-8-14(9-7-13)21(22)23)15-10-12-4-2-3-5-16(12)24-17(15)18/h2-10,18,20H,1H3/b18-17?,19-11-. The van der Waals surface area contributed by atoms with E-state index < -0.39 is 4.92 Å². The van der Waals surface area contributed by atoms with Gasteiger partial charge in [-0.25, -0.2) is 0 Å². The predicted octanol–water partition coefficient (Wildman–Crippen LogP) is 3.66. The number of hydrogen-bond acceptors (Lipinski definition) is 6. The van der Waals surface area contributed by atoms with Crippen LogP contribution in [0.1, 0.15) is 12.5 Å². The molecule has 2 N–H and O–H groups in total. The van der Waals surface area contributed by atoms with Gasteiger partial charge in [0.25, 0.3) is 5.69 Å². The number of nitrogens with zero attached hydrogens (tertiary/aromatic N) is 2. The average Bonchev–Trinajstić information content (AvgIpc) is 2.59. The molecule has 0 aliphatic rings. The quantitative estimate of drug-likeness (QED) is 0.434. The molecule has 0 bridgehead atoms. The molecule has 0 saturated heterocycles.